The van der Waals surface area contributed by atoms with Gasteiger partial charge in [0, 0.05) is 6.54 Å². The molecule has 1 aromatic carbocycles. The summed E-state index contributed by atoms with van der Waals surface area (Å²) in [6.07, 6.45) is 1.00. The van der Waals surface area contributed by atoms with Gasteiger partial charge in [0.2, 0.25) is 6.41 Å². The molecule has 3 N–H and O–H groups in total. The largest absolute Gasteiger partial charge is 0.494 e. The van der Waals surface area contributed by atoms with Crippen molar-refractivity contribution in [2.24, 2.45) is 5.73 Å². The van der Waals surface area contributed by atoms with Crippen molar-refractivity contribution in [1.29, 1.82) is 0 Å². The number of imide groups is 1. The summed E-state index contributed by atoms with van der Waals surface area (Å²) in [5.41, 5.74) is 5.74. The van der Waals surface area contributed by atoms with Crippen molar-refractivity contribution in [3.8, 4) is 11.5 Å². The molecule has 7 heteroatoms. The van der Waals surface area contributed by atoms with Crippen molar-refractivity contribution >= 4 is 18.1 Å². The van der Waals surface area contributed by atoms with E-state index < -0.39 is 6.03 Å². The number of carbonyl (C=O) groups is 2. The van der Waals surface area contributed by atoms with Gasteiger partial charge in [-0.2, -0.15) is 0 Å². The van der Waals surface area contributed by atoms with Gasteiger partial charge in [0.05, 0.1) is 14.2 Å². The maximum absolute atomic E-state index is 12.0. The first-order valence-corrected chi connectivity index (χ1v) is 6.11. The Morgan fingerprint density at radius 2 is 1.95 bits per heavy atom. The van der Waals surface area contributed by atoms with Crippen molar-refractivity contribution in [1.82, 2.24) is 4.90 Å². The minimum Gasteiger partial charge on any atom is -0.494 e. The number of rotatable bonds is 7. The smallest absolute Gasteiger partial charge is 0.328 e. The number of carbonyl (C=O) groups excluding carboxylic acids is 2. The van der Waals surface area contributed by atoms with E-state index in [0.717, 1.165) is 4.90 Å². The Morgan fingerprint density at radius 3 is 2.40 bits per heavy atom. The van der Waals surface area contributed by atoms with E-state index in [2.05, 4.69) is 5.32 Å². The molecule has 0 saturated heterocycles. The molecule has 0 aliphatic heterocycles. The number of ether oxygens (including phenoxy) is 2. The average molecular weight is 281 g/mol. The molecule has 0 fully saturated rings. The fourth-order valence-electron chi connectivity index (χ4n) is 1.62. The maximum atomic E-state index is 12.0. The summed E-state index contributed by atoms with van der Waals surface area (Å²) < 4.78 is 10.3. The summed E-state index contributed by atoms with van der Waals surface area (Å²) in [5.74, 6) is 0.893. The van der Waals surface area contributed by atoms with E-state index in [9.17, 15) is 9.59 Å². The molecule has 0 unspecified atom stereocenters. The van der Waals surface area contributed by atoms with Crippen molar-refractivity contribution < 1.29 is 19.1 Å². The van der Waals surface area contributed by atoms with Gasteiger partial charge < -0.3 is 20.5 Å². The summed E-state index contributed by atoms with van der Waals surface area (Å²) in [4.78, 5) is 23.9. The molecule has 1 rings (SSSR count). The highest BCUT2D eigenvalue weighted by Gasteiger charge is 2.17. The van der Waals surface area contributed by atoms with Crippen LogP contribution in [0.1, 0.15) is 6.42 Å². The number of benzene rings is 1. The number of amides is 3. The first-order chi connectivity index (χ1) is 9.67. The van der Waals surface area contributed by atoms with E-state index >= 15 is 0 Å². The number of para-hydroxylation sites is 1. The Morgan fingerprint density at radius 1 is 1.35 bits per heavy atom. The van der Waals surface area contributed by atoms with Gasteiger partial charge in [-0.15, -0.1) is 0 Å². The molecule has 110 valence electrons. The van der Waals surface area contributed by atoms with Crippen molar-refractivity contribution in [3.63, 3.8) is 0 Å². The van der Waals surface area contributed by atoms with Crippen LogP contribution >= 0.6 is 0 Å². The second-order valence-corrected chi connectivity index (χ2v) is 3.91. The topological polar surface area (TPSA) is 93.9 Å². The molecule has 0 aromatic heterocycles. The quantitative estimate of drug-likeness (QED) is 0.728. The van der Waals surface area contributed by atoms with E-state index in [1.165, 1.54) is 14.2 Å². The lowest BCUT2D eigenvalue weighted by molar-refractivity contribution is -0.115. The Bertz CT molecular complexity index is 443. The van der Waals surface area contributed by atoms with Crippen LogP contribution in [0, 0.1) is 0 Å². The van der Waals surface area contributed by atoms with E-state index in [1.807, 2.05) is 0 Å². The highest BCUT2D eigenvalue weighted by Crippen LogP contribution is 2.34. The van der Waals surface area contributed by atoms with Crippen LogP contribution in [0.4, 0.5) is 10.5 Å². The van der Waals surface area contributed by atoms with Crippen LogP contribution in [0.25, 0.3) is 0 Å². The minimum atomic E-state index is -0.559. The molecule has 3 amide bonds. The molecule has 0 saturated carbocycles. The predicted molar refractivity (Wildman–Crippen MR) is 75.0 cm³/mol. The molecule has 0 aliphatic carbocycles. The molecule has 1 aromatic rings. The van der Waals surface area contributed by atoms with E-state index in [4.69, 9.17) is 15.2 Å². The predicted octanol–water partition coefficient (Wildman–Crippen LogP) is 1.04. The highest BCUT2D eigenvalue weighted by atomic mass is 16.5. The van der Waals surface area contributed by atoms with Crippen LogP contribution in [-0.4, -0.2) is 44.7 Å². The van der Waals surface area contributed by atoms with Gasteiger partial charge in [0.15, 0.2) is 0 Å². The van der Waals surface area contributed by atoms with Gasteiger partial charge in [0.1, 0.15) is 17.2 Å². The van der Waals surface area contributed by atoms with Gasteiger partial charge in [-0.25, -0.2) is 4.79 Å². The molecular formula is C13H19N3O4. The molecule has 0 spiro atoms. The zero-order valence-corrected chi connectivity index (χ0v) is 11.6. The molecule has 0 atom stereocenters. The number of nitrogens with two attached hydrogens (primary N) is 1. The SMILES string of the molecule is COc1cccc(OC)c1NC(=O)N(C=O)CCCN. The third kappa shape index (κ3) is 3.86. The van der Waals surface area contributed by atoms with Gasteiger partial charge in [-0.3, -0.25) is 9.69 Å². The molecule has 0 radical (unpaired) electrons. The van der Waals surface area contributed by atoms with Crippen LogP contribution in [0.15, 0.2) is 18.2 Å². The number of nitrogens with one attached hydrogen (secondary N) is 1. The van der Waals surface area contributed by atoms with Gasteiger partial charge in [-0.05, 0) is 25.1 Å². The monoisotopic (exact) mass is 281 g/mol. The van der Waals surface area contributed by atoms with Crippen molar-refractivity contribution in [2.75, 3.05) is 32.6 Å². The molecule has 20 heavy (non-hydrogen) atoms. The normalized spacial score (nSPS) is 9.75. The maximum Gasteiger partial charge on any atom is 0.328 e. The zero-order chi connectivity index (χ0) is 15.0. The first kappa shape index (κ1) is 15.8. The Kier molecular flexibility index (Phi) is 6.31. The third-order valence-corrected chi connectivity index (χ3v) is 2.65. The van der Waals surface area contributed by atoms with E-state index in [1.54, 1.807) is 18.2 Å². The summed E-state index contributed by atoms with van der Waals surface area (Å²) in [5, 5.41) is 2.61. The van der Waals surface area contributed by atoms with E-state index in [-0.39, 0.29) is 6.54 Å². The van der Waals surface area contributed by atoms with Crippen molar-refractivity contribution in [3.05, 3.63) is 18.2 Å². The van der Waals surface area contributed by atoms with Crippen molar-refractivity contribution in [2.45, 2.75) is 6.42 Å². The standard InChI is InChI=1S/C13H19N3O4/c1-19-10-5-3-6-11(20-2)12(10)15-13(18)16(9-17)8-4-7-14/h3,5-6,9H,4,7-8,14H2,1-2H3,(H,15,18). The number of methoxy groups -OCH3 is 2. The lowest BCUT2D eigenvalue weighted by atomic mass is 10.2. The fraction of sp³-hybridized carbons (Fsp3) is 0.385. The lowest BCUT2D eigenvalue weighted by Crippen LogP contribution is -2.35. The van der Waals surface area contributed by atoms with Crippen LogP contribution in [-0.2, 0) is 4.79 Å². The van der Waals surface area contributed by atoms with Gasteiger partial charge in [-0.1, -0.05) is 6.07 Å². The number of urea groups is 1. The van der Waals surface area contributed by atoms with Crippen LogP contribution in [0.5, 0.6) is 11.5 Å². The molecule has 0 aliphatic rings. The average Bonchev–Trinajstić information content (AvgIpc) is 2.48. The molecule has 0 heterocycles. The van der Waals surface area contributed by atoms with Crippen LogP contribution in [0.2, 0.25) is 0 Å². The van der Waals surface area contributed by atoms with Crippen LogP contribution in [0.3, 0.4) is 0 Å². The molecule has 7 nitrogen and oxygen atoms in total. The number of hydrogen-bond donors (Lipinski definition) is 2. The zero-order valence-electron chi connectivity index (χ0n) is 11.6. The summed E-state index contributed by atoms with van der Waals surface area (Å²) in [6, 6.07) is 4.54. The van der Waals surface area contributed by atoms with Gasteiger partial charge >= 0.3 is 6.03 Å². The third-order valence-electron chi connectivity index (χ3n) is 2.65. The minimum absolute atomic E-state index is 0.253. The Hall–Kier alpha value is -2.28. The number of nitrogens with zero attached hydrogens (tertiary/aromatic N) is 1. The fourth-order valence-corrected chi connectivity index (χ4v) is 1.62. The first-order valence-electron chi connectivity index (χ1n) is 6.11. The molecular weight excluding hydrogens is 262 g/mol. The summed E-state index contributed by atoms with van der Waals surface area (Å²) >= 11 is 0. The lowest BCUT2D eigenvalue weighted by Gasteiger charge is -2.18. The van der Waals surface area contributed by atoms with Crippen LogP contribution < -0.4 is 20.5 Å². The van der Waals surface area contributed by atoms with Gasteiger partial charge in [0.25, 0.3) is 0 Å². The Balaban J connectivity index is 2.90. The summed E-state index contributed by atoms with van der Waals surface area (Å²) in [6.45, 7) is 0.652. The second-order valence-electron chi connectivity index (χ2n) is 3.91. The number of anilines is 1. The summed E-state index contributed by atoms with van der Waals surface area (Å²) in [7, 11) is 2.96. The van der Waals surface area contributed by atoms with E-state index in [0.29, 0.717) is 36.6 Å². The highest BCUT2D eigenvalue weighted by molar-refractivity contribution is 5.97. The Labute approximate surface area is 117 Å². The second kappa shape index (κ2) is 8.00. The number of hydrogen-bond acceptors (Lipinski definition) is 5. The molecule has 0 bridgehead atoms.